The van der Waals surface area contributed by atoms with Crippen LogP contribution in [-0.2, 0) is 4.79 Å². The van der Waals surface area contributed by atoms with Gasteiger partial charge in [0.25, 0.3) is 17.1 Å². The van der Waals surface area contributed by atoms with Crippen LogP contribution in [0.5, 0.6) is 11.5 Å². The maximum Gasteiger partial charge on any atom is 0.293 e. The summed E-state index contributed by atoms with van der Waals surface area (Å²) in [5, 5.41) is 2.31. The van der Waals surface area contributed by atoms with Crippen molar-refractivity contribution in [2.45, 2.75) is 13.8 Å². The highest BCUT2D eigenvalue weighted by Gasteiger charge is 2.34. The highest BCUT2D eigenvalue weighted by atomic mass is 32.2. The largest absolute Gasteiger partial charge is 0.493 e. The third-order valence-electron chi connectivity index (χ3n) is 4.40. The van der Waals surface area contributed by atoms with Crippen molar-refractivity contribution in [3.8, 4) is 11.5 Å². The maximum absolute atomic E-state index is 12.7. The van der Waals surface area contributed by atoms with E-state index < -0.39 is 5.91 Å². The second kappa shape index (κ2) is 10.1. The van der Waals surface area contributed by atoms with Crippen molar-refractivity contribution in [1.82, 2.24) is 15.2 Å². The zero-order valence-corrected chi connectivity index (χ0v) is 18.3. The summed E-state index contributed by atoms with van der Waals surface area (Å²) < 4.78 is 10.8. The zero-order valence-electron chi connectivity index (χ0n) is 17.5. The van der Waals surface area contributed by atoms with E-state index in [0.717, 1.165) is 22.4 Å². The Morgan fingerprint density at radius 3 is 2.74 bits per heavy atom. The number of imide groups is 1. The van der Waals surface area contributed by atoms with E-state index in [-0.39, 0.29) is 24.2 Å². The summed E-state index contributed by atoms with van der Waals surface area (Å²) in [6.07, 6.45) is 1.64. The summed E-state index contributed by atoms with van der Waals surface area (Å²) in [5.74, 6) is 0.398. The van der Waals surface area contributed by atoms with Crippen LogP contribution in [0.25, 0.3) is 6.08 Å². The molecule has 31 heavy (non-hydrogen) atoms. The van der Waals surface area contributed by atoms with Gasteiger partial charge in [-0.3, -0.25) is 19.3 Å². The molecule has 0 unspecified atom stereocenters. The fourth-order valence-electron chi connectivity index (χ4n) is 2.93. The van der Waals surface area contributed by atoms with Crippen LogP contribution in [0.4, 0.5) is 4.79 Å². The number of nitrogens with one attached hydrogen (secondary N) is 1. The van der Waals surface area contributed by atoms with Crippen LogP contribution in [0.3, 0.4) is 0 Å². The first kappa shape index (κ1) is 22.4. The number of amides is 3. The van der Waals surface area contributed by atoms with Crippen molar-refractivity contribution < 1.29 is 23.9 Å². The minimum absolute atomic E-state index is 0.0756. The molecule has 0 bridgehead atoms. The Morgan fingerprint density at radius 2 is 2.03 bits per heavy atom. The summed E-state index contributed by atoms with van der Waals surface area (Å²) in [6, 6.07) is 10.4. The average Bonchev–Trinajstić information content (AvgIpc) is 3.02. The molecule has 1 fully saturated rings. The number of carbonyl (C=O) groups is 3. The quantitative estimate of drug-likeness (QED) is 0.628. The van der Waals surface area contributed by atoms with Gasteiger partial charge < -0.3 is 14.8 Å². The molecule has 3 rings (SSSR count). The SMILES string of the molecule is CCOc1ccc(C=C2SC(=O)N(CCNC(=O)c3cccc(C)n3)C2=O)cc1OC. The molecular formula is C22H23N3O5S. The molecular weight excluding hydrogens is 418 g/mol. The van der Waals surface area contributed by atoms with Gasteiger partial charge in [0.1, 0.15) is 5.69 Å². The lowest BCUT2D eigenvalue weighted by molar-refractivity contribution is -0.122. The molecule has 9 heteroatoms. The Hall–Kier alpha value is -3.33. The van der Waals surface area contributed by atoms with Gasteiger partial charge in [-0.05, 0) is 61.5 Å². The fraction of sp³-hybridized carbons (Fsp3) is 0.273. The second-order valence-electron chi connectivity index (χ2n) is 6.60. The highest BCUT2D eigenvalue weighted by molar-refractivity contribution is 8.18. The number of methoxy groups -OCH3 is 1. The number of ether oxygens (including phenoxy) is 2. The van der Waals surface area contributed by atoms with Gasteiger partial charge in [0.15, 0.2) is 11.5 Å². The molecule has 0 atom stereocenters. The average molecular weight is 442 g/mol. The topological polar surface area (TPSA) is 97.8 Å². The predicted molar refractivity (Wildman–Crippen MR) is 118 cm³/mol. The minimum atomic E-state index is -0.397. The zero-order chi connectivity index (χ0) is 22.4. The van der Waals surface area contributed by atoms with Gasteiger partial charge in [0.05, 0.1) is 18.6 Å². The molecule has 1 aromatic carbocycles. The number of hydrogen-bond acceptors (Lipinski definition) is 7. The van der Waals surface area contributed by atoms with E-state index in [9.17, 15) is 14.4 Å². The number of aryl methyl sites for hydroxylation is 1. The molecule has 2 aromatic rings. The van der Waals surface area contributed by atoms with Crippen molar-refractivity contribution >= 4 is 34.9 Å². The molecule has 1 saturated heterocycles. The van der Waals surface area contributed by atoms with Gasteiger partial charge in [-0.2, -0.15) is 0 Å². The first-order valence-electron chi connectivity index (χ1n) is 9.71. The molecule has 1 aliphatic rings. The molecule has 162 valence electrons. The van der Waals surface area contributed by atoms with Gasteiger partial charge in [0.2, 0.25) is 0 Å². The van der Waals surface area contributed by atoms with E-state index in [1.54, 1.807) is 49.4 Å². The molecule has 1 aromatic heterocycles. The van der Waals surface area contributed by atoms with E-state index in [2.05, 4.69) is 10.3 Å². The first-order chi connectivity index (χ1) is 14.9. The second-order valence-corrected chi connectivity index (χ2v) is 7.59. The van der Waals surface area contributed by atoms with E-state index in [4.69, 9.17) is 9.47 Å². The lowest BCUT2D eigenvalue weighted by Gasteiger charge is -2.13. The Morgan fingerprint density at radius 1 is 1.23 bits per heavy atom. The molecule has 0 spiro atoms. The van der Waals surface area contributed by atoms with Crippen molar-refractivity contribution in [3.05, 3.63) is 58.3 Å². The van der Waals surface area contributed by atoms with E-state index in [1.165, 1.54) is 7.11 Å². The normalized spacial score (nSPS) is 14.8. The number of thioether (sulfide) groups is 1. The number of benzene rings is 1. The van der Waals surface area contributed by atoms with Gasteiger partial charge in [-0.25, -0.2) is 4.98 Å². The van der Waals surface area contributed by atoms with Crippen LogP contribution in [0.15, 0.2) is 41.3 Å². The lowest BCUT2D eigenvalue weighted by Crippen LogP contribution is -2.37. The lowest BCUT2D eigenvalue weighted by atomic mass is 10.2. The Balaban J connectivity index is 1.63. The summed E-state index contributed by atoms with van der Waals surface area (Å²) >= 11 is 0.863. The predicted octanol–water partition coefficient (Wildman–Crippen LogP) is 3.26. The molecule has 0 saturated carbocycles. The molecule has 3 amide bonds. The van der Waals surface area contributed by atoms with Gasteiger partial charge in [-0.15, -0.1) is 0 Å². The molecule has 8 nitrogen and oxygen atoms in total. The third-order valence-corrected chi connectivity index (χ3v) is 5.31. The Kier molecular flexibility index (Phi) is 7.30. The Labute approximate surface area is 184 Å². The smallest absolute Gasteiger partial charge is 0.293 e. The van der Waals surface area contributed by atoms with Gasteiger partial charge >= 0.3 is 0 Å². The molecule has 2 heterocycles. The van der Waals surface area contributed by atoms with Crippen LogP contribution in [0, 0.1) is 6.92 Å². The number of rotatable bonds is 8. The van der Waals surface area contributed by atoms with Gasteiger partial charge in [0, 0.05) is 18.8 Å². The standard InChI is InChI=1S/C22H23N3O5S/c1-4-30-17-9-8-15(12-18(17)29-3)13-19-21(27)25(22(28)31-19)11-10-23-20(26)16-7-5-6-14(2)24-16/h5-9,12-13H,4,10-11H2,1-3H3,(H,23,26). The summed E-state index contributed by atoms with van der Waals surface area (Å²) in [5.41, 5.74) is 1.73. The summed E-state index contributed by atoms with van der Waals surface area (Å²) in [7, 11) is 1.54. The van der Waals surface area contributed by atoms with Crippen molar-refractivity contribution in [2.24, 2.45) is 0 Å². The fourth-order valence-corrected chi connectivity index (χ4v) is 3.80. The third kappa shape index (κ3) is 5.43. The minimum Gasteiger partial charge on any atom is -0.493 e. The monoisotopic (exact) mass is 441 g/mol. The van der Waals surface area contributed by atoms with E-state index in [0.29, 0.717) is 34.3 Å². The van der Waals surface area contributed by atoms with Crippen LogP contribution in [-0.4, -0.2) is 53.7 Å². The number of hydrogen-bond donors (Lipinski definition) is 1. The van der Waals surface area contributed by atoms with Crippen LogP contribution < -0.4 is 14.8 Å². The van der Waals surface area contributed by atoms with E-state index in [1.807, 2.05) is 6.92 Å². The Bertz CT molecular complexity index is 1040. The number of carbonyl (C=O) groups excluding carboxylic acids is 3. The van der Waals surface area contributed by atoms with Crippen molar-refractivity contribution in [1.29, 1.82) is 0 Å². The molecule has 0 radical (unpaired) electrons. The van der Waals surface area contributed by atoms with Crippen LogP contribution in [0.2, 0.25) is 0 Å². The number of aromatic nitrogens is 1. The van der Waals surface area contributed by atoms with Gasteiger partial charge in [-0.1, -0.05) is 12.1 Å². The molecule has 0 aliphatic carbocycles. The molecule has 1 N–H and O–H groups in total. The van der Waals surface area contributed by atoms with Crippen LogP contribution in [0.1, 0.15) is 28.7 Å². The van der Waals surface area contributed by atoms with Crippen molar-refractivity contribution in [2.75, 3.05) is 26.8 Å². The maximum atomic E-state index is 12.7. The van der Waals surface area contributed by atoms with E-state index >= 15 is 0 Å². The first-order valence-corrected chi connectivity index (χ1v) is 10.5. The number of pyridine rings is 1. The highest BCUT2D eigenvalue weighted by Crippen LogP contribution is 2.34. The molecule has 1 aliphatic heterocycles. The number of nitrogens with zero attached hydrogens (tertiary/aromatic N) is 2. The van der Waals surface area contributed by atoms with Crippen LogP contribution >= 0.6 is 11.8 Å². The summed E-state index contributed by atoms with van der Waals surface area (Å²) in [6.45, 7) is 4.39. The van der Waals surface area contributed by atoms with Crippen molar-refractivity contribution in [3.63, 3.8) is 0 Å². The summed E-state index contributed by atoms with van der Waals surface area (Å²) in [4.78, 5) is 42.7.